The van der Waals surface area contributed by atoms with E-state index in [0.29, 0.717) is 24.4 Å². The first kappa shape index (κ1) is 21.3. The van der Waals surface area contributed by atoms with Gasteiger partial charge in [0, 0.05) is 19.0 Å². The average Bonchev–Trinajstić information content (AvgIpc) is 3.09. The van der Waals surface area contributed by atoms with Gasteiger partial charge in [-0.3, -0.25) is 4.79 Å². The van der Waals surface area contributed by atoms with E-state index in [9.17, 15) is 13.2 Å². The van der Waals surface area contributed by atoms with Crippen LogP contribution in [0.25, 0.3) is 0 Å². The number of hydrogen-bond acceptors (Lipinski definition) is 4. The molecular weight excluding hydrogens is 388 g/mol. The zero-order chi connectivity index (χ0) is 21.3. The number of sulfonamides is 1. The van der Waals surface area contributed by atoms with Gasteiger partial charge in [0.25, 0.3) is 0 Å². The monoisotopic (exact) mass is 416 g/mol. The van der Waals surface area contributed by atoms with Gasteiger partial charge >= 0.3 is 0 Å². The fraction of sp³-hybridized carbons (Fsp3) is 0.409. The summed E-state index contributed by atoms with van der Waals surface area (Å²) in [6.45, 7) is 8.44. The van der Waals surface area contributed by atoms with Crippen LogP contribution in [0.15, 0.2) is 35.2 Å². The van der Waals surface area contributed by atoms with Gasteiger partial charge in [0.05, 0.1) is 17.7 Å². The predicted molar refractivity (Wildman–Crippen MR) is 114 cm³/mol. The van der Waals surface area contributed by atoms with Crippen LogP contribution in [-0.2, 0) is 14.8 Å². The van der Waals surface area contributed by atoms with E-state index in [1.165, 1.54) is 24.8 Å². The number of ether oxygens (including phenoxy) is 1. The zero-order valence-electron chi connectivity index (χ0n) is 17.6. The third kappa shape index (κ3) is 4.31. The molecule has 1 aliphatic rings. The van der Waals surface area contributed by atoms with Crippen molar-refractivity contribution in [1.82, 2.24) is 4.72 Å². The Kier molecular flexibility index (Phi) is 6.00. The summed E-state index contributed by atoms with van der Waals surface area (Å²) in [5, 5.41) is 0. The molecule has 3 rings (SSSR count). The Morgan fingerprint density at radius 1 is 1.07 bits per heavy atom. The molecule has 0 aromatic heterocycles. The molecule has 1 atom stereocenters. The van der Waals surface area contributed by atoms with Crippen molar-refractivity contribution in [3.05, 3.63) is 52.6 Å². The first-order valence-electron chi connectivity index (χ1n) is 9.72. The minimum atomic E-state index is -3.79. The van der Waals surface area contributed by atoms with Crippen LogP contribution in [-0.4, -0.2) is 28.0 Å². The summed E-state index contributed by atoms with van der Waals surface area (Å²) in [7, 11) is -2.28. The van der Waals surface area contributed by atoms with Crippen molar-refractivity contribution in [3.8, 4) is 5.75 Å². The molecule has 0 unspecified atom stereocenters. The number of aryl methyl sites for hydroxylation is 3. The Morgan fingerprint density at radius 3 is 2.38 bits per heavy atom. The molecule has 2 aromatic rings. The van der Waals surface area contributed by atoms with E-state index in [1.54, 1.807) is 11.0 Å². The fourth-order valence-electron chi connectivity index (χ4n) is 3.76. The maximum Gasteiger partial charge on any atom is 0.241 e. The summed E-state index contributed by atoms with van der Waals surface area (Å²) in [6, 6.07) is 8.33. The summed E-state index contributed by atoms with van der Waals surface area (Å²) >= 11 is 0. The highest BCUT2D eigenvalue weighted by molar-refractivity contribution is 7.89. The van der Waals surface area contributed by atoms with E-state index in [4.69, 9.17) is 4.74 Å². The lowest BCUT2D eigenvalue weighted by atomic mass is 9.97. The van der Waals surface area contributed by atoms with E-state index in [-0.39, 0.29) is 10.8 Å². The van der Waals surface area contributed by atoms with Gasteiger partial charge < -0.3 is 9.64 Å². The van der Waals surface area contributed by atoms with Crippen molar-refractivity contribution in [2.75, 3.05) is 18.6 Å². The van der Waals surface area contributed by atoms with Crippen LogP contribution in [0.2, 0.25) is 0 Å². The van der Waals surface area contributed by atoms with Gasteiger partial charge in [0.1, 0.15) is 5.75 Å². The van der Waals surface area contributed by atoms with Crippen LogP contribution >= 0.6 is 0 Å². The molecule has 7 heteroatoms. The van der Waals surface area contributed by atoms with Gasteiger partial charge in [-0.25, -0.2) is 13.1 Å². The Bertz CT molecular complexity index is 1050. The molecule has 1 aliphatic heterocycles. The molecule has 2 aromatic carbocycles. The predicted octanol–water partition coefficient (Wildman–Crippen LogP) is 3.79. The molecule has 0 radical (unpaired) electrons. The van der Waals surface area contributed by atoms with E-state index in [0.717, 1.165) is 23.1 Å². The fourth-order valence-corrected chi connectivity index (χ4v) is 5.01. The third-order valence-electron chi connectivity index (χ3n) is 5.51. The summed E-state index contributed by atoms with van der Waals surface area (Å²) in [5.74, 6) is 0.460. The summed E-state index contributed by atoms with van der Waals surface area (Å²) in [6.07, 6.45) is 1.21. The number of hydrogen-bond donors (Lipinski definition) is 1. The summed E-state index contributed by atoms with van der Waals surface area (Å²) in [4.78, 5) is 13.9. The van der Waals surface area contributed by atoms with Gasteiger partial charge in [0.2, 0.25) is 15.9 Å². The molecular formula is C22H28N2O4S. The second-order valence-electron chi connectivity index (χ2n) is 7.62. The van der Waals surface area contributed by atoms with Gasteiger partial charge in [-0.05, 0) is 74.6 Å². The molecule has 1 fully saturated rings. The van der Waals surface area contributed by atoms with Crippen LogP contribution in [0.5, 0.6) is 5.75 Å². The topological polar surface area (TPSA) is 75.7 Å². The summed E-state index contributed by atoms with van der Waals surface area (Å²) in [5.41, 5.74) is 4.78. The maximum atomic E-state index is 13.1. The maximum absolute atomic E-state index is 13.1. The van der Waals surface area contributed by atoms with Gasteiger partial charge in [0.15, 0.2) is 0 Å². The van der Waals surface area contributed by atoms with Gasteiger partial charge in [-0.2, -0.15) is 0 Å². The number of amides is 1. The molecule has 29 heavy (non-hydrogen) atoms. The van der Waals surface area contributed by atoms with Crippen molar-refractivity contribution in [2.45, 2.75) is 51.5 Å². The molecule has 0 saturated carbocycles. The average molecular weight is 417 g/mol. The molecule has 1 heterocycles. The number of nitrogens with zero attached hydrogens (tertiary/aromatic N) is 1. The van der Waals surface area contributed by atoms with E-state index < -0.39 is 16.1 Å². The van der Waals surface area contributed by atoms with Gasteiger partial charge in [-0.15, -0.1) is 0 Å². The number of rotatable bonds is 6. The van der Waals surface area contributed by atoms with Gasteiger partial charge in [-0.1, -0.05) is 12.1 Å². The van der Waals surface area contributed by atoms with Crippen LogP contribution < -0.4 is 14.4 Å². The molecule has 0 aliphatic carbocycles. The molecule has 1 amide bonds. The quantitative estimate of drug-likeness (QED) is 0.777. The summed E-state index contributed by atoms with van der Waals surface area (Å²) < 4.78 is 34.3. The van der Waals surface area contributed by atoms with E-state index >= 15 is 0 Å². The van der Waals surface area contributed by atoms with Crippen molar-refractivity contribution in [1.29, 1.82) is 0 Å². The number of methoxy groups -OCH3 is 1. The van der Waals surface area contributed by atoms with Crippen molar-refractivity contribution >= 4 is 21.6 Å². The first-order chi connectivity index (χ1) is 13.6. The number of carbonyl (C=O) groups is 1. The smallest absolute Gasteiger partial charge is 0.241 e. The highest BCUT2D eigenvalue weighted by Gasteiger charge is 2.27. The molecule has 6 nitrogen and oxygen atoms in total. The lowest BCUT2D eigenvalue weighted by Gasteiger charge is -2.21. The molecule has 0 bridgehead atoms. The van der Waals surface area contributed by atoms with E-state index in [2.05, 4.69) is 10.8 Å². The lowest BCUT2D eigenvalue weighted by molar-refractivity contribution is -0.117. The third-order valence-corrected chi connectivity index (χ3v) is 7.04. The minimum Gasteiger partial charge on any atom is -0.495 e. The number of benzene rings is 2. The van der Waals surface area contributed by atoms with Crippen molar-refractivity contribution in [3.63, 3.8) is 0 Å². The molecule has 1 N–H and O–H groups in total. The highest BCUT2D eigenvalue weighted by Crippen LogP contribution is 2.34. The van der Waals surface area contributed by atoms with Crippen LogP contribution in [0.1, 0.15) is 48.1 Å². The Morgan fingerprint density at radius 2 is 1.76 bits per heavy atom. The molecule has 156 valence electrons. The second kappa shape index (κ2) is 8.16. The Balaban J connectivity index is 1.93. The Labute approximate surface area is 172 Å². The molecule has 1 saturated heterocycles. The number of anilines is 1. The highest BCUT2D eigenvalue weighted by atomic mass is 32.2. The normalized spacial score (nSPS) is 15.6. The Hall–Kier alpha value is -2.38. The van der Waals surface area contributed by atoms with E-state index in [1.807, 2.05) is 33.8 Å². The number of carbonyl (C=O) groups excluding carboxylic acids is 1. The second-order valence-corrected chi connectivity index (χ2v) is 9.33. The van der Waals surface area contributed by atoms with Crippen LogP contribution in [0.3, 0.4) is 0 Å². The van der Waals surface area contributed by atoms with Crippen molar-refractivity contribution < 1.29 is 17.9 Å². The minimum absolute atomic E-state index is 0.0232. The van der Waals surface area contributed by atoms with Crippen LogP contribution in [0, 0.1) is 20.8 Å². The standard InChI is InChI=1S/C22H28N2O4S/c1-14-11-16(3)19(12-15(14)2)17(4)23-29(26,27)18-8-9-21(28-5)20(13-18)24-10-6-7-22(24)25/h8-9,11-13,17,23H,6-7,10H2,1-5H3/t17-/m1/s1. The molecule has 0 spiro atoms. The first-order valence-corrected chi connectivity index (χ1v) is 11.2. The van der Waals surface area contributed by atoms with Crippen LogP contribution in [0.4, 0.5) is 5.69 Å². The number of nitrogens with one attached hydrogen (secondary N) is 1. The SMILES string of the molecule is COc1ccc(S(=O)(=O)N[C@H](C)c2cc(C)c(C)cc2C)cc1N1CCCC1=O. The largest absolute Gasteiger partial charge is 0.495 e. The lowest BCUT2D eigenvalue weighted by Crippen LogP contribution is -2.28. The van der Waals surface area contributed by atoms with Crippen molar-refractivity contribution in [2.24, 2.45) is 0 Å². The zero-order valence-corrected chi connectivity index (χ0v) is 18.4.